The van der Waals surface area contributed by atoms with Crippen molar-refractivity contribution in [1.82, 2.24) is 9.55 Å². The molecular weight excluding hydrogens is 171 g/mol. The van der Waals surface area contributed by atoms with E-state index in [4.69, 9.17) is 5.73 Å². The molecule has 3 nitrogen and oxygen atoms in total. The summed E-state index contributed by atoms with van der Waals surface area (Å²) in [6.45, 7) is 0. The first-order valence-corrected chi connectivity index (χ1v) is 3.21. The van der Waals surface area contributed by atoms with Crippen LogP contribution >= 0.6 is 0 Å². The zero-order valence-electron chi connectivity index (χ0n) is 6.34. The Morgan fingerprint density at radius 1 is 1.58 bits per heavy atom. The highest BCUT2D eigenvalue weighted by Gasteiger charge is 2.39. The van der Waals surface area contributed by atoms with Crippen LogP contribution < -0.4 is 5.73 Å². The van der Waals surface area contributed by atoms with Gasteiger partial charge in [0.2, 0.25) is 0 Å². The Bertz CT molecular complexity index is 265. The summed E-state index contributed by atoms with van der Waals surface area (Å²) in [7, 11) is 1.58. The molecule has 0 aliphatic carbocycles. The second kappa shape index (κ2) is 2.78. The third-order valence-corrected chi connectivity index (χ3v) is 1.40. The van der Waals surface area contributed by atoms with Crippen molar-refractivity contribution >= 4 is 0 Å². The lowest BCUT2D eigenvalue weighted by Gasteiger charge is -2.12. The molecular formula is C6H8F3N3. The molecule has 0 spiro atoms. The number of aromatic nitrogens is 2. The first-order valence-electron chi connectivity index (χ1n) is 3.21. The highest BCUT2D eigenvalue weighted by molar-refractivity contribution is 5.04. The van der Waals surface area contributed by atoms with Crippen molar-refractivity contribution in [2.45, 2.75) is 12.2 Å². The van der Waals surface area contributed by atoms with E-state index in [0.29, 0.717) is 0 Å². The second-order valence-corrected chi connectivity index (χ2v) is 2.48. The Kier molecular flexibility index (Phi) is 2.10. The zero-order valence-corrected chi connectivity index (χ0v) is 6.34. The summed E-state index contributed by atoms with van der Waals surface area (Å²) < 4.78 is 37.3. The van der Waals surface area contributed by atoms with Crippen LogP contribution in [0.1, 0.15) is 11.7 Å². The number of alkyl halides is 3. The number of imidazole rings is 1. The van der Waals surface area contributed by atoms with Gasteiger partial charge in [-0.15, -0.1) is 0 Å². The molecule has 0 fully saturated rings. The predicted octanol–water partition coefficient (Wildman–Crippen LogP) is 0.982. The minimum atomic E-state index is -4.42. The molecule has 1 heterocycles. The molecule has 0 saturated carbocycles. The average Bonchev–Trinajstić information content (AvgIpc) is 2.32. The molecule has 0 bridgehead atoms. The van der Waals surface area contributed by atoms with E-state index in [0.717, 1.165) is 0 Å². The van der Waals surface area contributed by atoms with Crippen molar-refractivity contribution in [3.05, 3.63) is 18.2 Å². The fourth-order valence-corrected chi connectivity index (χ4v) is 0.761. The van der Waals surface area contributed by atoms with E-state index in [2.05, 4.69) is 4.98 Å². The molecule has 0 radical (unpaired) electrons. The fraction of sp³-hybridized carbons (Fsp3) is 0.500. The molecule has 12 heavy (non-hydrogen) atoms. The highest BCUT2D eigenvalue weighted by Crippen LogP contribution is 2.28. The van der Waals surface area contributed by atoms with Gasteiger partial charge in [-0.1, -0.05) is 0 Å². The zero-order chi connectivity index (χ0) is 9.35. The lowest BCUT2D eigenvalue weighted by molar-refractivity contribution is -0.149. The Labute approximate surface area is 67.0 Å². The number of hydrogen-bond donors (Lipinski definition) is 1. The van der Waals surface area contributed by atoms with Gasteiger partial charge >= 0.3 is 6.18 Å². The summed E-state index contributed by atoms with van der Waals surface area (Å²) in [5, 5.41) is 0. The number of rotatable bonds is 1. The van der Waals surface area contributed by atoms with Crippen LogP contribution in [0.3, 0.4) is 0 Å². The third kappa shape index (κ3) is 1.76. The van der Waals surface area contributed by atoms with Crippen LogP contribution in [0.5, 0.6) is 0 Å². The quantitative estimate of drug-likeness (QED) is 0.698. The van der Waals surface area contributed by atoms with Gasteiger partial charge in [-0.2, -0.15) is 13.2 Å². The molecule has 1 aromatic heterocycles. The van der Waals surface area contributed by atoms with Crippen molar-refractivity contribution in [3.8, 4) is 0 Å². The first kappa shape index (κ1) is 9.05. The monoisotopic (exact) mass is 179 g/mol. The van der Waals surface area contributed by atoms with Gasteiger partial charge in [0.15, 0.2) is 0 Å². The van der Waals surface area contributed by atoms with E-state index in [1.54, 1.807) is 7.05 Å². The number of nitrogens with two attached hydrogens (primary N) is 1. The summed E-state index contributed by atoms with van der Waals surface area (Å²) in [6.07, 6.45) is -1.90. The molecule has 1 atom stereocenters. The van der Waals surface area contributed by atoms with Crippen LogP contribution in [0.4, 0.5) is 13.2 Å². The van der Waals surface area contributed by atoms with Crippen LogP contribution in [-0.4, -0.2) is 15.7 Å². The average molecular weight is 179 g/mol. The highest BCUT2D eigenvalue weighted by atomic mass is 19.4. The number of hydrogen-bond acceptors (Lipinski definition) is 2. The molecule has 0 saturated heterocycles. The maximum Gasteiger partial charge on any atom is 0.409 e. The molecule has 1 aromatic rings. The summed E-state index contributed by atoms with van der Waals surface area (Å²) in [5.41, 5.74) is 4.72. The molecule has 0 aliphatic heterocycles. The Morgan fingerprint density at radius 3 is 2.50 bits per heavy atom. The van der Waals surface area contributed by atoms with Gasteiger partial charge in [0.1, 0.15) is 6.04 Å². The van der Waals surface area contributed by atoms with Crippen LogP contribution in [0, 0.1) is 0 Å². The summed E-state index contributed by atoms with van der Waals surface area (Å²) in [4.78, 5) is 3.50. The van der Waals surface area contributed by atoms with Crippen molar-refractivity contribution in [2.75, 3.05) is 0 Å². The molecule has 0 aliphatic rings. The van der Waals surface area contributed by atoms with Gasteiger partial charge in [-0.3, -0.25) is 0 Å². The van der Waals surface area contributed by atoms with Gasteiger partial charge in [-0.05, 0) is 0 Å². The van der Waals surface area contributed by atoms with Gasteiger partial charge < -0.3 is 10.3 Å². The minimum Gasteiger partial charge on any atom is -0.340 e. The summed E-state index contributed by atoms with van der Waals surface area (Å²) >= 11 is 0. The Hall–Kier alpha value is -1.04. The van der Waals surface area contributed by atoms with Gasteiger partial charge in [0.05, 0.1) is 12.0 Å². The van der Waals surface area contributed by atoms with E-state index >= 15 is 0 Å². The lowest BCUT2D eigenvalue weighted by Crippen LogP contribution is -2.28. The van der Waals surface area contributed by atoms with Crippen LogP contribution in [0.15, 0.2) is 12.5 Å². The Morgan fingerprint density at radius 2 is 2.17 bits per heavy atom. The second-order valence-electron chi connectivity index (χ2n) is 2.48. The van der Waals surface area contributed by atoms with Crippen molar-refractivity contribution in [3.63, 3.8) is 0 Å². The molecule has 6 heteroatoms. The smallest absolute Gasteiger partial charge is 0.340 e. The minimum absolute atomic E-state index is 0.162. The number of nitrogens with zero attached hydrogens (tertiary/aromatic N) is 2. The lowest BCUT2D eigenvalue weighted by atomic mass is 10.2. The van der Waals surface area contributed by atoms with Gasteiger partial charge in [0, 0.05) is 13.2 Å². The maximum atomic E-state index is 12.0. The van der Waals surface area contributed by atoms with Gasteiger partial charge in [0.25, 0.3) is 0 Å². The standard InChI is InChI=1S/C6H8F3N3/c1-12-2-4(11-3-12)5(10)6(7,8)9/h2-3,5H,10H2,1H3/t5-/m0/s1. The Balaban J connectivity index is 2.85. The van der Waals surface area contributed by atoms with E-state index in [-0.39, 0.29) is 5.69 Å². The molecule has 1 rings (SSSR count). The van der Waals surface area contributed by atoms with Crippen LogP contribution in [0.2, 0.25) is 0 Å². The molecule has 68 valence electrons. The van der Waals surface area contributed by atoms with Crippen LogP contribution in [-0.2, 0) is 7.05 Å². The largest absolute Gasteiger partial charge is 0.409 e. The van der Waals surface area contributed by atoms with E-state index in [9.17, 15) is 13.2 Å². The fourth-order valence-electron chi connectivity index (χ4n) is 0.761. The topological polar surface area (TPSA) is 43.8 Å². The normalized spacial score (nSPS) is 14.8. The predicted molar refractivity (Wildman–Crippen MR) is 36.2 cm³/mol. The van der Waals surface area contributed by atoms with Crippen molar-refractivity contribution in [2.24, 2.45) is 12.8 Å². The van der Waals surface area contributed by atoms with Crippen molar-refractivity contribution < 1.29 is 13.2 Å². The summed E-state index contributed by atoms with van der Waals surface area (Å²) in [5.74, 6) is 0. The SMILES string of the molecule is Cn1cnc([C@H](N)C(F)(F)F)c1. The van der Waals surface area contributed by atoms with E-state index < -0.39 is 12.2 Å². The summed E-state index contributed by atoms with van der Waals surface area (Å²) in [6, 6.07) is -1.99. The molecule has 0 amide bonds. The van der Waals surface area contributed by atoms with E-state index in [1.807, 2.05) is 0 Å². The maximum absolute atomic E-state index is 12.0. The van der Waals surface area contributed by atoms with Gasteiger partial charge in [-0.25, -0.2) is 4.98 Å². The molecule has 0 aromatic carbocycles. The third-order valence-electron chi connectivity index (χ3n) is 1.40. The van der Waals surface area contributed by atoms with E-state index in [1.165, 1.54) is 17.1 Å². The number of halogens is 3. The molecule has 0 unspecified atom stereocenters. The first-order chi connectivity index (χ1) is 5.41. The van der Waals surface area contributed by atoms with Crippen LogP contribution in [0.25, 0.3) is 0 Å². The van der Waals surface area contributed by atoms with Crippen molar-refractivity contribution in [1.29, 1.82) is 0 Å². The number of aryl methyl sites for hydroxylation is 1. The molecule has 2 N–H and O–H groups in total.